The second-order valence-corrected chi connectivity index (χ2v) is 9.68. The summed E-state index contributed by atoms with van der Waals surface area (Å²) in [5.41, 5.74) is -1.80. The van der Waals surface area contributed by atoms with Gasteiger partial charge in [-0.2, -0.15) is 8.78 Å². The Balaban J connectivity index is 1.69. The highest BCUT2D eigenvalue weighted by Gasteiger charge is 2.49. The van der Waals surface area contributed by atoms with Gasteiger partial charge in [0.15, 0.2) is 5.65 Å². The van der Waals surface area contributed by atoms with Crippen LogP contribution in [0.15, 0.2) is 30.5 Å². The molecule has 0 aliphatic carbocycles. The minimum absolute atomic E-state index is 0.0408. The zero-order valence-corrected chi connectivity index (χ0v) is 20.6. The van der Waals surface area contributed by atoms with Gasteiger partial charge in [0.25, 0.3) is 0 Å². The molecule has 3 heterocycles. The Labute approximate surface area is 203 Å². The first kappa shape index (κ1) is 25.1. The summed E-state index contributed by atoms with van der Waals surface area (Å²) in [6.07, 6.45) is 1.79. The van der Waals surface area contributed by atoms with Crippen molar-refractivity contribution in [3.8, 4) is 0 Å². The number of piperazine rings is 1. The summed E-state index contributed by atoms with van der Waals surface area (Å²) in [6, 6.07) is 5.07. The Bertz CT molecular complexity index is 1220. The molecule has 1 aromatic carbocycles. The lowest BCUT2D eigenvalue weighted by molar-refractivity contribution is -0.170. The SMILES string of the molecule is Cc1nc(N[C@H](C)c2cccc(C(F)(F)C(C)(C)O)c2F)c2cc(N3CCN(C)CC3)cnc2n1. The normalized spacial score (nSPS) is 16.5. The van der Waals surface area contributed by atoms with Crippen molar-refractivity contribution in [3.05, 3.63) is 53.2 Å². The number of likely N-dealkylation sites (N-methyl/N-ethyl adjacent to an activating group) is 1. The number of halogens is 3. The lowest BCUT2D eigenvalue weighted by atomic mass is 9.91. The van der Waals surface area contributed by atoms with Crippen molar-refractivity contribution in [1.82, 2.24) is 19.9 Å². The molecule has 3 aromatic rings. The van der Waals surface area contributed by atoms with Crippen LogP contribution in [0.1, 0.15) is 43.8 Å². The molecule has 0 spiro atoms. The number of hydrogen-bond donors (Lipinski definition) is 2. The Morgan fingerprint density at radius 1 is 1.11 bits per heavy atom. The molecule has 2 N–H and O–H groups in total. The van der Waals surface area contributed by atoms with Gasteiger partial charge in [-0.15, -0.1) is 0 Å². The maximum Gasteiger partial charge on any atom is 0.303 e. The number of aliphatic hydroxyl groups is 1. The molecule has 0 amide bonds. The van der Waals surface area contributed by atoms with Gasteiger partial charge in [-0.25, -0.2) is 19.3 Å². The van der Waals surface area contributed by atoms with Gasteiger partial charge in [-0.1, -0.05) is 12.1 Å². The van der Waals surface area contributed by atoms with E-state index in [-0.39, 0.29) is 5.56 Å². The van der Waals surface area contributed by atoms with E-state index in [2.05, 4.69) is 37.1 Å². The van der Waals surface area contributed by atoms with Crippen LogP contribution in [0.3, 0.4) is 0 Å². The van der Waals surface area contributed by atoms with Crippen molar-refractivity contribution in [3.63, 3.8) is 0 Å². The fourth-order valence-corrected chi connectivity index (χ4v) is 4.20. The van der Waals surface area contributed by atoms with Gasteiger partial charge in [0.1, 0.15) is 23.1 Å². The van der Waals surface area contributed by atoms with Gasteiger partial charge in [0.05, 0.1) is 28.9 Å². The predicted octanol–water partition coefficient (Wildman–Crippen LogP) is 4.26. The van der Waals surface area contributed by atoms with E-state index in [0.29, 0.717) is 22.7 Å². The molecule has 0 bridgehead atoms. The fraction of sp³-hybridized carbons (Fsp3) is 0.480. The Kier molecular flexibility index (Phi) is 6.63. The van der Waals surface area contributed by atoms with Crippen molar-refractivity contribution in [1.29, 1.82) is 0 Å². The highest BCUT2D eigenvalue weighted by molar-refractivity contribution is 5.89. The van der Waals surface area contributed by atoms with Gasteiger partial charge >= 0.3 is 5.92 Å². The van der Waals surface area contributed by atoms with E-state index < -0.39 is 28.9 Å². The van der Waals surface area contributed by atoms with Crippen molar-refractivity contribution >= 4 is 22.5 Å². The standard InChI is InChI=1S/C25H31F3N6O/c1-15(18-7-6-8-20(21(18)26)25(27,28)24(3,4)35)30-23-19-13-17(34-11-9-33(5)10-12-34)14-29-22(19)31-16(2)32-23/h6-8,13-15,35H,9-12H2,1-5H3,(H,29,30,31,32)/t15-/m1/s1. The number of alkyl halides is 2. The predicted molar refractivity (Wildman–Crippen MR) is 130 cm³/mol. The number of fused-ring (bicyclic) bond motifs is 1. The maximum absolute atomic E-state index is 15.3. The summed E-state index contributed by atoms with van der Waals surface area (Å²) in [6.45, 7) is 8.93. The molecule has 1 atom stereocenters. The third kappa shape index (κ3) is 4.90. The topological polar surface area (TPSA) is 77.4 Å². The van der Waals surface area contributed by atoms with Gasteiger partial charge in [-0.3, -0.25) is 0 Å². The molecular formula is C25H31F3N6O. The summed E-state index contributed by atoms with van der Waals surface area (Å²) in [5.74, 6) is -3.91. The van der Waals surface area contributed by atoms with Crippen LogP contribution in [0, 0.1) is 12.7 Å². The highest BCUT2D eigenvalue weighted by Crippen LogP contribution is 2.41. The smallest absolute Gasteiger partial charge is 0.303 e. The van der Waals surface area contributed by atoms with Gasteiger partial charge in [-0.05, 0) is 46.9 Å². The first-order valence-corrected chi connectivity index (χ1v) is 11.6. The number of pyridine rings is 1. The lowest BCUT2D eigenvalue weighted by Crippen LogP contribution is -2.44. The molecule has 1 saturated heterocycles. The molecule has 0 unspecified atom stereocenters. The molecule has 4 rings (SSSR count). The maximum atomic E-state index is 15.3. The van der Waals surface area contributed by atoms with E-state index in [1.165, 1.54) is 12.1 Å². The van der Waals surface area contributed by atoms with E-state index in [1.807, 2.05) is 6.07 Å². The van der Waals surface area contributed by atoms with Crippen LogP contribution in [-0.2, 0) is 5.92 Å². The summed E-state index contributed by atoms with van der Waals surface area (Å²) in [4.78, 5) is 17.9. The molecular weight excluding hydrogens is 457 g/mol. The van der Waals surface area contributed by atoms with Crippen molar-refractivity contribution < 1.29 is 18.3 Å². The zero-order chi connectivity index (χ0) is 25.5. The molecule has 1 aliphatic heterocycles. The third-order valence-electron chi connectivity index (χ3n) is 6.47. The molecule has 7 nitrogen and oxygen atoms in total. The van der Waals surface area contributed by atoms with Crippen molar-refractivity contribution in [2.24, 2.45) is 0 Å². The zero-order valence-electron chi connectivity index (χ0n) is 20.6. The molecule has 1 fully saturated rings. The number of benzene rings is 1. The van der Waals surface area contributed by atoms with Crippen LogP contribution < -0.4 is 10.2 Å². The summed E-state index contributed by atoms with van der Waals surface area (Å²) >= 11 is 0. The van der Waals surface area contributed by atoms with E-state index in [1.54, 1.807) is 20.0 Å². The molecule has 35 heavy (non-hydrogen) atoms. The summed E-state index contributed by atoms with van der Waals surface area (Å²) < 4.78 is 44.8. The Morgan fingerprint density at radius 3 is 2.46 bits per heavy atom. The fourth-order valence-electron chi connectivity index (χ4n) is 4.20. The third-order valence-corrected chi connectivity index (χ3v) is 6.47. The van der Waals surface area contributed by atoms with Crippen LogP contribution in [0.25, 0.3) is 11.0 Å². The van der Waals surface area contributed by atoms with Gasteiger partial charge in [0, 0.05) is 31.7 Å². The second-order valence-electron chi connectivity index (χ2n) is 9.68. The minimum Gasteiger partial charge on any atom is -0.384 e. The average Bonchev–Trinajstić information content (AvgIpc) is 2.78. The van der Waals surface area contributed by atoms with E-state index >= 15 is 4.39 Å². The van der Waals surface area contributed by atoms with Gasteiger partial charge in [0.2, 0.25) is 0 Å². The van der Waals surface area contributed by atoms with E-state index in [9.17, 15) is 13.9 Å². The first-order valence-electron chi connectivity index (χ1n) is 11.6. The van der Waals surface area contributed by atoms with Crippen molar-refractivity contribution in [2.75, 3.05) is 43.4 Å². The average molecular weight is 489 g/mol. The molecule has 188 valence electrons. The van der Waals surface area contributed by atoms with Crippen molar-refractivity contribution in [2.45, 2.75) is 45.3 Å². The number of aromatic nitrogens is 3. The van der Waals surface area contributed by atoms with Crippen LogP contribution in [0.2, 0.25) is 0 Å². The minimum atomic E-state index is -3.77. The van der Waals surface area contributed by atoms with Gasteiger partial charge < -0.3 is 20.2 Å². The number of rotatable bonds is 6. The molecule has 0 saturated carbocycles. The Morgan fingerprint density at radius 2 is 1.80 bits per heavy atom. The van der Waals surface area contributed by atoms with Crippen LogP contribution in [0.5, 0.6) is 0 Å². The number of aryl methyl sites for hydroxylation is 1. The molecule has 0 radical (unpaired) electrons. The molecule has 10 heteroatoms. The molecule has 1 aliphatic rings. The molecule has 2 aromatic heterocycles. The van der Waals surface area contributed by atoms with E-state index in [4.69, 9.17) is 0 Å². The number of nitrogens with one attached hydrogen (secondary N) is 1. The number of hydrogen-bond acceptors (Lipinski definition) is 7. The van der Waals surface area contributed by atoms with Crippen LogP contribution in [0.4, 0.5) is 24.7 Å². The number of anilines is 2. The number of nitrogens with zero attached hydrogens (tertiary/aromatic N) is 5. The first-order chi connectivity index (χ1) is 16.4. The lowest BCUT2D eigenvalue weighted by Gasteiger charge is -2.34. The van der Waals surface area contributed by atoms with E-state index in [0.717, 1.165) is 51.8 Å². The quantitative estimate of drug-likeness (QED) is 0.537. The monoisotopic (exact) mass is 488 g/mol. The summed E-state index contributed by atoms with van der Waals surface area (Å²) in [7, 11) is 2.08. The highest BCUT2D eigenvalue weighted by atomic mass is 19.3. The largest absolute Gasteiger partial charge is 0.384 e. The Hall–Kier alpha value is -2.98. The summed E-state index contributed by atoms with van der Waals surface area (Å²) in [5, 5.41) is 13.8. The van der Waals surface area contributed by atoms with Crippen LogP contribution >= 0.6 is 0 Å². The second kappa shape index (κ2) is 9.23. The van der Waals surface area contributed by atoms with Crippen LogP contribution in [-0.4, -0.2) is 63.8 Å².